The van der Waals surface area contributed by atoms with Crippen molar-refractivity contribution < 1.29 is 19.1 Å². The van der Waals surface area contributed by atoms with Gasteiger partial charge in [0.15, 0.2) is 6.10 Å². The van der Waals surface area contributed by atoms with Crippen LogP contribution in [0, 0.1) is 0 Å². The maximum Gasteiger partial charge on any atom is 0.259 e. The number of aliphatic hydroxyl groups is 1. The first-order valence-electron chi connectivity index (χ1n) is 5.91. The Balaban J connectivity index is 1.91. The molecule has 0 radical (unpaired) electrons. The molecule has 1 aromatic heterocycles. The molecule has 5 heteroatoms. The summed E-state index contributed by atoms with van der Waals surface area (Å²) in [6.45, 7) is 0. The van der Waals surface area contributed by atoms with Crippen LogP contribution in [0.2, 0.25) is 0 Å². The molecular formula is C14H13NO4. The number of benzene rings is 1. The van der Waals surface area contributed by atoms with Crippen molar-refractivity contribution in [2.45, 2.75) is 12.1 Å². The van der Waals surface area contributed by atoms with E-state index in [1.54, 1.807) is 43.5 Å². The van der Waals surface area contributed by atoms with E-state index in [0.717, 1.165) is 0 Å². The van der Waals surface area contributed by atoms with Crippen molar-refractivity contribution in [2.24, 2.45) is 0 Å². The molecule has 1 aliphatic rings. The quantitative estimate of drug-likeness (QED) is 0.853. The van der Waals surface area contributed by atoms with Crippen LogP contribution in [-0.4, -0.2) is 24.2 Å². The van der Waals surface area contributed by atoms with Crippen LogP contribution in [0.1, 0.15) is 11.8 Å². The van der Waals surface area contributed by atoms with Gasteiger partial charge in [0.1, 0.15) is 17.6 Å². The van der Waals surface area contributed by atoms with Gasteiger partial charge in [-0.2, -0.15) is 0 Å². The topological polar surface area (TPSA) is 62.9 Å². The molecule has 98 valence electrons. The van der Waals surface area contributed by atoms with Crippen LogP contribution >= 0.6 is 0 Å². The maximum atomic E-state index is 11.8. The molecular weight excluding hydrogens is 246 g/mol. The van der Waals surface area contributed by atoms with Crippen LogP contribution in [0.3, 0.4) is 0 Å². The van der Waals surface area contributed by atoms with E-state index in [2.05, 4.69) is 0 Å². The molecule has 1 aromatic carbocycles. The molecule has 1 fully saturated rings. The molecule has 0 spiro atoms. The third-order valence-corrected chi connectivity index (χ3v) is 3.25. The van der Waals surface area contributed by atoms with E-state index in [4.69, 9.17) is 9.15 Å². The summed E-state index contributed by atoms with van der Waals surface area (Å²) in [4.78, 5) is 13.3. The molecule has 1 saturated heterocycles. The van der Waals surface area contributed by atoms with Crippen molar-refractivity contribution in [1.82, 2.24) is 0 Å². The van der Waals surface area contributed by atoms with Crippen LogP contribution in [0.15, 0.2) is 47.1 Å². The van der Waals surface area contributed by atoms with E-state index in [1.165, 1.54) is 11.2 Å². The molecule has 1 amide bonds. The Bertz CT molecular complexity index is 576. The van der Waals surface area contributed by atoms with Crippen molar-refractivity contribution in [1.29, 1.82) is 0 Å². The average Bonchev–Trinajstić information content (AvgIpc) is 2.97. The van der Waals surface area contributed by atoms with Gasteiger partial charge in [0.25, 0.3) is 5.91 Å². The number of rotatable bonds is 3. The first-order chi connectivity index (χ1) is 9.22. The predicted molar refractivity (Wildman–Crippen MR) is 67.9 cm³/mol. The van der Waals surface area contributed by atoms with Gasteiger partial charge >= 0.3 is 0 Å². The molecule has 5 nitrogen and oxygen atoms in total. The SMILES string of the molecule is COc1ccc(N2C(=O)C(O)C2c2ccco2)cc1. The molecule has 0 saturated carbocycles. The van der Waals surface area contributed by atoms with Crippen molar-refractivity contribution in [3.63, 3.8) is 0 Å². The molecule has 1 N–H and O–H groups in total. The maximum absolute atomic E-state index is 11.8. The number of carbonyl (C=O) groups excluding carboxylic acids is 1. The minimum Gasteiger partial charge on any atom is -0.497 e. The lowest BCUT2D eigenvalue weighted by atomic mass is 9.94. The smallest absolute Gasteiger partial charge is 0.259 e. The normalized spacial score (nSPS) is 22.2. The number of hydrogen-bond donors (Lipinski definition) is 1. The third kappa shape index (κ3) is 1.79. The lowest BCUT2D eigenvalue weighted by Crippen LogP contribution is -2.59. The van der Waals surface area contributed by atoms with E-state index in [-0.39, 0.29) is 5.91 Å². The zero-order valence-corrected chi connectivity index (χ0v) is 10.3. The van der Waals surface area contributed by atoms with Crippen LogP contribution < -0.4 is 9.64 Å². The Morgan fingerprint density at radius 1 is 1.26 bits per heavy atom. The zero-order chi connectivity index (χ0) is 13.4. The Kier molecular flexibility index (Phi) is 2.76. The molecule has 19 heavy (non-hydrogen) atoms. The summed E-state index contributed by atoms with van der Waals surface area (Å²) >= 11 is 0. The van der Waals surface area contributed by atoms with Gasteiger partial charge < -0.3 is 14.3 Å². The lowest BCUT2D eigenvalue weighted by Gasteiger charge is -2.43. The first-order valence-corrected chi connectivity index (χ1v) is 5.91. The van der Waals surface area contributed by atoms with Gasteiger partial charge in [-0.1, -0.05) is 0 Å². The lowest BCUT2D eigenvalue weighted by molar-refractivity contribution is -0.137. The molecule has 2 heterocycles. The van der Waals surface area contributed by atoms with Gasteiger partial charge in [0, 0.05) is 5.69 Å². The fourth-order valence-electron chi connectivity index (χ4n) is 2.25. The van der Waals surface area contributed by atoms with E-state index < -0.39 is 12.1 Å². The fraction of sp³-hybridized carbons (Fsp3) is 0.214. The van der Waals surface area contributed by atoms with Gasteiger partial charge in [-0.15, -0.1) is 0 Å². The molecule has 2 unspecified atom stereocenters. The van der Waals surface area contributed by atoms with Gasteiger partial charge in [-0.05, 0) is 36.4 Å². The third-order valence-electron chi connectivity index (χ3n) is 3.25. The monoisotopic (exact) mass is 259 g/mol. The summed E-state index contributed by atoms with van der Waals surface area (Å²) in [7, 11) is 1.58. The highest BCUT2D eigenvalue weighted by Crippen LogP contribution is 2.39. The standard InChI is InChI=1S/C14H13NO4/c1-18-10-6-4-9(5-7-10)15-12(13(16)14(15)17)11-3-2-8-19-11/h2-8,12-13,16H,1H3. The molecule has 0 aliphatic carbocycles. The van der Waals surface area contributed by atoms with Gasteiger partial charge in [-0.25, -0.2) is 0 Å². The van der Waals surface area contributed by atoms with Crippen LogP contribution in [-0.2, 0) is 4.79 Å². The zero-order valence-electron chi connectivity index (χ0n) is 10.3. The van der Waals surface area contributed by atoms with Crippen molar-refractivity contribution in [3.05, 3.63) is 48.4 Å². The Morgan fingerprint density at radius 2 is 2.00 bits per heavy atom. The molecule has 0 bridgehead atoms. The molecule has 1 aliphatic heterocycles. The van der Waals surface area contributed by atoms with E-state index in [0.29, 0.717) is 17.2 Å². The molecule has 2 aromatic rings. The fourth-order valence-corrected chi connectivity index (χ4v) is 2.25. The second-order valence-electron chi connectivity index (χ2n) is 4.31. The highest BCUT2D eigenvalue weighted by molar-refractivity contribution is 6.04. The number of carbonyl (C=O) groups is 1. The van der Waals surface area contributed by atoms with Gasteiger partial charge in [0.05, 0.1) is 13.4 Å². The average molecular weight is 259 g/mol. The minimum absolute atomic E-state index is 0.327. The summed E-state index contributed by atoms with van der Waals surface area (Å²) in [5, 5.41) is 9.80. The van der Waals surface area contributed by atoms with Crippen LogP contribution in [0.25, 0.3) is 0 Å². The number of furan rings is 1. The van der Waals surface area contributed by atoms with E-state index >= 15 is 0 Å². The predicted octanol–water partition coefficient (Wildman–Crippen LogP) is 1.74. The Labute approximate surface area is 110 Å². The highest BCUT2D eigenvalue weighted by atomic mass is 16.5. The second-order valence-corrected chi connectivity index (χ2v) is 4.31. The summed E-state index contributed by atoms with van der Waals surface area (Å²) in [5.74, 6) is 0.960. The molecule has 2 atom stereocenters. The largest absolute Gasteiger partial charge is 0.497 e. The minimum atomic E-state index is -1.05. The highest BCUT2D eigenvalue weighted by Gasteiger charge is 2.49. The number of hydrogen-bond acceptors (Lipinski definition) is 4. The van der Waals surface area contributed by atoms with Crippen molar-refractivity contribution in [2.75, 3.05) is 12.0 Å². The number of nitrogens with zero attached hydrogens (tertiary/aromatic N) is 1. The van der Waals surface area contributed by atoms with Crippen molar-refractivity contribution >= 4 is 11.6 Å². The summed E-state index contributed by atoms with van der Waals surface area (Å²) < 4.78 is 10.4. The van der Waals surface area contributed by atoms with Crippen molar-refractivity contribution in [3.8, 4) is 5.75 Å². The Hall–Kier alpha value is -2.27. The first kappa shape index (κ1) is 11.8. The summed E-state index contributed by atoms with van der Waals surface area (Å²) in [6, 6.07) is 10.1. The number of amides is 1. The van der Waals surface area contributed by atoms with E-state index in [1.807, 2.05) is 0 Å². The van der Waals surface area contributed by atoms with Crippen LogP contribution in [0.4, 0.5) is 5.69 Å². The summed E-state index contributed by atoms with van der Waals surface area (Å²) in [6.07, 6.45) is 0.477. The van der Waals surface area contributed by atoms with Gasteiger partial charge in [-0.3, -0.25) is 9.69 Å². The number of anilines is 1. The Morgan fingerprint density at radius 3 is 2.58 bits per heavy atom. The summed E-state index contributed by atoms with van der Waals surface area (Å²) in [5.41, 5.74) is 0.706. The molecule has 3 rings (SSSR count). The van der Waals surface area contributed by atoms with E-state index in [9.17, 15) is 9.90 Å². The second kappa shape index (κ2) is 4.44. The van der Waals surface area contributed by atoms with Gasteiger partial charge in [0.2, 0.25) is 0 Å². The van der Waals surface area contributed by atoms with Crippen LogP contribution in [0.5, 0.6) is 5.75 Å². The number of β-lactam (4-membered cyclic amide) rings is 1. The number of methoxy groups -OCH3 is 1. The number of ether oxygens (including phenoxy) is 1. The number of aliphatic hydroxyl groups excluding tert-OH is 1.